The van der Waals surface area contributed by atoms with Crippen LogP contribution in [0.15, 0.2) is 24.3 Å². The summed E-state index contributed by atoms with van der Waals surface area (Å²) in [5, 5.41) is 8.65. The fourth-order valence-electron chi connectivity index (χ4n) is 2.39. The van der Waals surface area contributed by atoms with Crippen molar-refractivity contribution in [2.75, 3.05) is 53.0 Å². The van der Waals surface area contributed by atoms with Gasteiger partial charge >= 0.3 is 0 Å². The molecule has 0 spiro atoms. The summed E-state index contributed by atoms with van der Waals surface area (Å²) in [4.78, 5) is 4.84. The predicted molar refractivity (Wildman–Crippen MR) is 84.5 cm³/mol. The van der Waals surface area contributed by atoms with Crippen LogP contribution in [0.5, 0.6) is 5.75 Å². The summed E-state index contributed by atoms with van der Waals surface area (Å²) in [6, 6.07) is 7.69. The van der Waals surface area contributed by atoms with Crippen molar-refractivity contribution < 1.29 is 9.84 Å². The highest BCUT2D eigenvalue weighted by Crippen LogP contribution is 2.11. The number of hydrogen-bond acceptors (Lipinski definition) is 4. The van der Waals surface area contributed by atoms with E-state index in [9.17, 15) is 0 Å². The average molecular weight is 288 g/mol. The first-order valence-electron chi connectivity index (χ1n) is 7.51. The van der Waals surface area contributed by atoms with Crippen molar-refractivity contribution in [1.82, 2.24) is 9.80 Å². The normalized spacial score (nSPS) is 16.9. The Morgan fingerprint density at radius 3 is 2.71 bits per heavy atom. The Balaban J connectivity index is 1.73. The second-order valence-electron chi connectivity index (χ2n) is 5.33. The second-order valence-corrected chi connectivity index (χ2v) is 5.33. The molecule has 0 radical (unpaired) electrons. The van der Waals surface area contributed by atoms with Crippen LogP contribution in [0, 0.1) is 11.8 Å². The lowest BCUT2D eigenvalue weighted by molar-refractivity contribution is 0.213. The molecule has 4 nitrogen and oxygen atoms in total. The molecule has 1 fully saturated rings. The first kappa shape index (κ1) is 15.8. The molecule has 4 heteroatoms. The van der Waals surface area contributed by atoms with E-state index in [-0.39, 0.29) is 6.61 Å². The third-order valence-electron chi connectivity index (χ3n) is 3.65. The Bertz CT molecular complexity index is 476. The molecule has 114 valence electrons. The molecule has 0 atom stereocenters. The SMILES string of the molecule is CN1CCCN(CCOc2ccc(C#CCO)cc2)CC1. The third-order valence-corrected chi connectivity index (χ3v) is 3.65. The number of aliphatic hydroxyl groups is 1. The summed E-state index contributed by atoms with van der Waals surface area (Å²) < 4.78 is 5.78. The fourth-order valence-corrected chi connectivity index (χ4v) is 2.39. The van der Waals surface area contributed by atoms with Crippen molar-refractivity contribution in [2.45, 2.75) is 6.42 Å². The van der Waals surface area contributed by atoms with Gasteiger partial charge in [0.2, 0.25) is 0 Å². The molecule has 1 aliphatic rings. The summed E-state index contributed by atoms with van der Waals surface area (Å²) >= 11 is 0. The number of rotatable bonds is 4. The van der Waals surface area contributed by atoms with E-state index in [1.54, 1.807) is 0 Å². The second kappa shape index (κ2) is 8.68. The summed E-state index contributed by atoms with van der Waals surface area (Å²) in [6.45, 7) is 6.18. The lowest BCUT2D eigenvalue weighted by Crippen LogP contribution is -2.32. The highest BCUT2D eigenvalue weighted by Gasteiger charge is 2.11. The van der Waals surface area contributed by atoms with Crippen molar-refractivity contribution in [2.24, 2.45) is 0 Å². The quantitative estimate of drug-likeness (QED) is 0.840. The van der Waals surface area contributed by atoms with Crippen molar-refractivity contribution in [1.29, 1.82) is 0 Å². The van der Waals surface area contributed by atoms with Crippen LogP contribution in [0.1, 0.15) is 12.0 Å². The first-order valence-corrected chi connectivity index (χ1v) is 7.51. The molecule has 2 rings (SSSR count). The molecule has 1 saturated heterocycles. The maximum atomic E-state index is 8.65. The highest BCUT2D eigenvalue weighted by molar-refractivity contribution is 5.38. The van der Waals surface area contributed by atoms with Crippen molar-refractivity contribution in [3.63, 3.8) is 0 Å². The molecule has 1 aliphatic heterocycles. The van der Waals surface area contributed by atoms with Gasteiger partial charge in [-0.15, -0.1) is 0 Å². The van der Waals surface area contributed by atoms with E-state index in [1.807, 2.05) is 24.3 Å². The van der Waals surface area contributed by atoms with Gasteiger partial charge < -0.3 is 14.7 Å². The molecular weight excluding hydrogens is 264 g/mol. The van der Waals surface area contributed by atoms with Gasteiger partial charge in [0.15, 0.2) is 0 Å². The Kier molecular flexibility index (Phi) is 6.55. The van der Waals surface area contributed by atoms with E-state index in [1.165, 1.54) is 13.0 Å². The molecule has 0 amide bonds. The van der Waals surface area contributed by atoms with Crippen LogP contribution in [0.4, 0.5) is 0 Å². The zero-order chi connectivity index (χ0) is 14.9. The lowest BCUT2D eigenvalue weighted by Gasteiger charge is -2.20. The van der Waals surface area contributed by atoms with Gasteiger partial charge in [-0.3, -0.25) is 4.90 Å². The first-order chi connectivity index (χ1) is 10.3. The fraction of sp³-hybridized carbons (Fsp3) is 0.529. The van der Waals surface area contributed by atoms with Crippen molar-refractivity contribution >= 4 is 0 Å². The minimum Gasteiger partial charge on any atom is -0.492 e. The van der Waals surface area contributed by atoms with Gasteiger partial charge in [0, 0.05) is 25.2 Å². The number of hydrogen-bond donors (Lipinski definition) is 1. The van der Waals surface area contributed by atoms with Gasteiger partial charge in [-0.1, -0.05) is 11.8 Å². The largest absolute Gasteiger partial charge is 0.492 e. The molecule has 21 heavy (non-hydrogen) atoms. The molecule has 0 aliphatic carbocycles. The van der Waals surface area contributed by atoms with Crippen molar-refractivity contribution in [3.05, 3.63) is 29.8 Å². The van der Waals surface area contributed by atoms with Gasteiger partial charge in [-0.2, -0.15) is 0 Å². The van der Waals surface area contributed by atoms with Gasteiger partial charge in [0.25, 0.3) is 0 Å². The van der Waals surface area contributed by atoms with Crippen LogP contribution in [-0.4, -0.2) is 67.9 Å². The van der Waals surface area contributed by atoms with E-state index in [0.29, 0.717) is 6.61 Å². The number of likely N-dealkylation sites (N-methyl/N-ethyl adjacent to an activating group) is 1. The van der Waals surface area contributed by atoms with E-state index in [2.05, 4.69) is 28.7 Å². The maximum Gasteiger partial charge on any atom is 0.119 e. The van der Waals surface area contributed by atoms with Gasteiger partial charge in [0.1, 0.15) is 19.0 Å². The summed E-state index contributed by atoms with van der Waals surface area (Å²) in [5.41, 5.74) is 0.895. The van der Waals surface area contributed by atoms with Crippen LogP contribution in [0.3, 0.4) is 0 Å². The third kappa shape index (κ3) is 5.76. The van der Waals surface area contributed by atoms with Crippen LogP contribution in [0.2, 0.25) is 0 Å². The number of benzene rings is 1. The molecule has 0 unspecified atom stereocenters. The van der Waals surface area contributed by atoms with Gasteiger partial charge in [0.05, 0.1) is 0 Å². The zero-order valence-corrected chi connectivity index (χ0v) is 12.7. The van der Waals surface area contributed by atoms with Crippen LogP contribution in [-0.2, 0) is 0 Å². The van der Waals surface area contributed by atoms with E-state index >= 15 is 0 Å². The lowest BCUT2D eigenvalue weighted by atomic mass is 10.2. The average Bonchev–Trinajstić information content (AvgIpc) is 2.71. The van der Waals surface area contributed by atoms with E-state index in [0.717, 1.165) is 37.5 Å². The Hall–Kier alpha value is -1.54. The Morgan fingerprint density at radius 1 is 1.14 bits per heavy atom. The minimum absolute atomic E-state index is 0.108. The van der Waals surface area contributed by atoms with Gasteiger partial charge in [-0.25, -0.2) is 0 Å². The Labute approximate surface area is 127 Å². The highest BCUT2D eigenvalue weighted by atomic mass is 16.5. The predicted octanol–water partition coefficient (Wildman–Crippen LogP) is 1.05. The monoisotopic (exact) mass is 288 g/mol. The maximum absolute atomic E-state index is 8.65. The topological polar surface area (TPSA) is 35.9 Å². The minimum atomic E-state index is -0.108. The van der Waals surface area contributed by atoms with Crippen molar-refractivity contribution in [3.8, 4) is 17.6 Å². The van der Waals surface area contributed by atoms with Crippen LogP contribution in [0.25, 0.3) is 0 Å². The number of nitrogens with zero attached hydrogens (tertiary/aromatic N) is 2. The van der Waals surface area contributed by atoms with E-state index in [4.69, 9.17) is 9.84 Å². The summed E-state index contributed by atoms with van der Waals surface area (Å²) in [6.07, 6.45) is 1.23. The smallest absolute Gasteiger partial charge is 0.119 e. The molecule has 0 aromatic heterocycles. The molecule has 1 heterocycles. The molecular formula is C17H24N2O2. The standard InChI is InChI=1S/C17H24N2O2/c1-18-9-3-10-19(12-11-18)13-15-21-17-7-5-16(6-8-17)4-2-14-20/h5-8,20H,3,9-15H2,1H3. The summed E-state index contributed by atoms with van der Waals surface area (Å²) in [7, 11) is 2.18. The van der Waals surface area contributed by atoms with E-state index < -0.39 is 0 Å². The molecule has 0 bridgehead atoms. The van der Waals surface area contributed by atoms with Crippen LogP contribution < -0.4 is 4.74 Å². The zero-order valence-electron chi connectivity index (χ0n) is 12.7. The van der Waals surface area contributed by atoms with Gasteiger partial charge in [-0.05, 0) is 50.8 Å². The molecule has 1 N–H and O–H groups in total. The summed E-state index contributed by atoms with van der Waals surface area (Å²) in [5.74, 6) is 6.38. The molecule has 1 aromatic carbocycles. The molecule has 0 saturated carbocycles. The van der Waals surface area contributed by atoms with Crippen LogP contribution >= 0.6 is 0 Å². The number of ether oxygens (including phenoxy) is 1. The Morgan fingerprint density at radius 2 is 1.95 bits per heavy atom. The molecule has 1 aromatic rings. The number of aliphatic hydroxyl groups excluding tert-OH is 1.